The van der Waals surface area contributed by atoms with Crippen LogP contribution in [0.3, 0.4) is 0 Å². The fraction of sp³-hybridized carbons (Fsp3) is 0.759. The second kappa shape index (κ2) is 6.92. The highest BCUT2D eigenvalue weighted by atomic mass is 16.8. The Bertz CT molecular complexity index is 1100. The van der Waals surface area contributed by atoms with E-state index in [0.29, 0.717) is 18.8 Å². The van der Waals surface area contributed by atoms with E-state index >= 15 is 0 Å². The Hall–Kier alpha value is -1.51. The summed E-state index contributed by atoms with van der Waals surface area (Å²) >= 11 is 0. The number of hydrogen-bond acceptors (Lipinski definition) is 7. The van der Waals surface area contributed by atoms with Gasteiger partial charge >= 0.3 is 0 Å². The van der Waals surface area contributed by atoms with Crippen molar-refractivity contribution in [3.05, 3.63) is 36.1 Å². The van der Waals surface area contributed by atoms with E-state index < -0.39 is 34.6 Å². The molecule has 8 aliphatic rings. The van der Waals surface area contributed by atoms with Crippen molar-refractivity contribution in [3.8, 4) is 0 Å². The van der Waals surface area contributed by atoms with Crippen LogP contribution in [0.4, 0.5) is 0 Å². The molecule has 0 aromatic carbocycles. The minimum atomic E-state index is -1.48. The van der Waals surface area contributed by atoms with E-state index in [1.165, 1.54) is 5.57 Å². The maximum atomic E-state index is 14.4. The van der Waals surface area contributed by atoms with Crippen molar-refractivity contribution in [2.45, 2.75) is 89.9 Å². The molecular weight excluding hydrogens is 460 g/mol. The lowest BCUT2D eigenvalue weighted by molar-refractivity contribution is -0.527. The molecule has 1 N–H and O–H groups in total. The molecule has 1 unspecified atom stereocenters. The van der Waals surface area contributed by atoms with Gasteiger partial charge in [-0.15, -0.1) is 6.58 Å². The molecule has 4 aliphatic carbocycles. The summed E-state index contributed by atoms with van der Waals surface area (Å²) in [6, 6.07) is 0. The number of aliphatic hydroxyl groups excluding tert-OH is 1. The average molecular weight is 499 g/mol. The second-order valence-electron chi connectivity index (χ2n) is 13.2. The molecule has 0 aromatic heterocycles. The summed E-state index contributed by atoms with van der Waals surface area (Å²) in [6.45, 7) is 16.9. The molecule has 8 rings (SSSR count). The number of fused-ring (bicyclic) bond motifs is 1. The predicted molar refractivity (Wildman–Crippen MR) is 129 cm³/mol. The molecule has 4 bridgehead atoms. The van der Waals surface area contributed by atoms with Crippen molar-refractivity contribution < 1.29 is 33.6 Å². The van der Waals surface area contributed by atoms with Crippen molar-refractivity contribution in [3.63, 3.8) is 0 Å². The molecule has 7 nitrogen and oxygen atoms in total. The largest absolute Gasteiger partial charge is 0.469 e. The number of aliphatic hydroxyl groups is 1. The Balaban J connectivity index is 1.48. The molecule has 0 amide bonds. The highest BCUT2D eigenvalue weighted by Crippen LogP contribution is 2.80. The minimum Gasteiger partial charge on any atom is -0.469 e. The molecule has 7 heteroatoms. The lowest BCUT2D eigenvalue weighted by atomic mass is 9.36. The Morgan fingerprint density at radius 3 is 2.72 bits per heavy atom. The van der Waals surface area contributed by atoms with Gasteiger partial charge in [0.2, 0.25) is 5.79 Å². The monoisotopic (exact) mass is 498 g/mol. The molecule has 4 aliphatic heterocycles. The van der Waals surface area contributed by atoms with E-state index in [9.17, 15) is 9.90 Å². The Morgan fingerprint density at radius 1 is 1.19 bits per heavy atom. The quantitative estimate of drug-likeness (QED) is 0.465. The van der Waals surface area contributed by atoms with Gasteiger partial charge in [0, 0.05) is 18.3 Å². The van der Waals surface area contributed by atoms with Gasteiger partial charge in [0.25, 0.3) is 0 Å². The van der Waals surface area contributed by atoms with Gasteiger partial charge in [0.15, 0.2) is 17.9 Å². The van der Waals surface area contributed by atoms with Gasteiger partial charge in [0.05, 0.1) is 24.7 Å². The van der Waals surface area contributed by atoms with Crippen LogP contribution in [0.1, 0.15) is 59.8 Å². The lowest BCUT2D eigenvalue weighted by Crippen LogP contribution is -2.87. The maximum Gasteiger partial charge on any atom is 0.213 e. The fourth-order valence-corrected chi connectivity index (χ4v) is 9.94. The topological polar surface area (TPSA) is 83.5 Å². The Morgan fingerprint density at radius 2 is 1.97 bits per heavy atom. The number of carbonyl (C=O) groups is 1. The molecule has 3 saturated carbocycles. The van der Waals surface area contributed by atoms with Gasteiger partial charge in [-0.2, -0.15) is 0 Å². The first-order valence-corrected chi connectivity index (χ1v) is 13.5. The van der Waals surface area contributed by atoms with Gasteiger partial charge in [0.1, 0.15) is 17.3 Å². The van der Waals surface area contributed by atoms with E-state index in [0.717, 1.165) is 37.9 Å². The first kappa shape index (κ1) is 23.6. The highest BCUT2D eigenvalue weighted by Gasteiger charge is 2.90. The third-order valence-electron chi connectivity index (χ3n) is 10.6. The molecule has 0 radical (unpaired) electrons. The summed E-state index contributed by atoms with van der Waals surface area (Å²) < 4.78 is 32.6. The Kier molecular flexibility index (Phi) is 4.53. The van der Waals surface area contributed by atoms with Crippen LogP contribution in [-0.2, 0) is 28.5 Å². The normalized spacial score (nSPS) is 51.2. The fourth-order valence-electron chi connectivity index (χ4n) is 9.94. The van der Waals surface area contributed by atoms with Crippen LogP contribution in [0.25, 0.3) is 0 Å². The number of allylic oxidation sites excluding steroid dienone is 1. The van der Waals surface area contributed by atoms with Crippen molar-refractivity contribution in [1.82, 2.24) is 0 Å². The van der Waals surface area contributed by atoms with Crippen LogP contribution >= 0.6 is 0 Å². The summed E-state index contributed by atoms with van der Waals surface area (Å²) in [4.78, 5) is 14.4. The second-order valence-corrected chi connectivity index (χ2v) is 13.2. The van der Waals surface area contributed by atoms with E-state index in [4.69, 9.17) is 23.7 Å². The van der Waals surface area contributed by atoms with Crippen LogP contribution in [-0.4, -0.2) is 54.2 Å². The van der Waals surface area contributed by atoms with Crippen molar-refractivity contribution >= 4 is 5.78 Å². The SMILES string of the molecule is C=CCO[C@@H]1CCC2=C(O1)[C@@]13COC4(OC(C)(C)O[C@@H]5[C@H]6CC[C@@H]1[C@]54C(=O)C6=C)[C@@H](O)[C@@H]3C(C)(C)C2. The average Bonchev–Trinajstić information content (AvgIpc) is 2.93. The van der Waals surface area contributed by atoms with Crippen LogP contribution in [0, 0.1) is 34.0 Å². The van der Waals surface area contributed by atoms with Crippen molar-refractivity contribution in [1.29, 1.82) is 0 Å². The molecule has 0 aromatic rings. The molecule has 36 heavy (non-hydrogen) atoms. The highest BCUT2D eigenvalue weighted by molar-refractivity contribution is 6.05. The number of hydrogen-bond donors (Lipinski definition) is 1. The zero-order valence-corrected chi connectivity index (χ0v) is 21.8. The van der Waals surface area contributed by atoms with E-state index in [-0.39, 0.29) is 35.2 Å². The third kappa shape index (κ3) is 2.37. The third-order valence-corrected chi connectivity index (χ3v) is 10.6. The smallest absolute Gasteiger partial charge is 0.213 e. The summed E-state index contributed by atoms with van der Waals surface area (Å²) in [5, 5.41) is 12.4. The lowest BCUT2D eigenvalue weighted by Gasteiger charge is -2.77. The summed E-state index contributed by atoms with van der Waals surface area (Å²) in [7, 11) is 0. The van der Waals surface area contributed by atoms with Crippen LogP contribution in [0.15, 0.2) is 36.1 Å². The molecule has 6 fully saturated rings. The van der Waals surface area contributed by atoms with Gasteiger partial charge in [-0.05, 0) is 62.0 Å². The van der Waals surface area contributed by atoms with Gasteiger partial charge in [-0.1, -0.05) is 26.5 Å². The first-order valence-electron chi connectivity index (χ1n) is 13.5. The summed E-state index contributed by atoms with van der Waals surface area (Å²) in [5.41, 5.74) is -0.226. The van der Waals surface area contributed by atoms with Crippen LogP contribution in [0.2, 0.25) is 0 Å². The van der Waals surface area contributed by atoms with Crippen LogP contribution in [0.5, 0.6) is 0 Å². The van der Waals surface area contributed by atoms with E-state index in [1.807, 2.05) is 13.8 Å². The molecule has 4 heterocycles. The summed E-state index contributed by atoms with van der Waals surface area (Å²) in [5.74, 6) is -2.13. The van der Waals surface area contributed by atoms with E-state index in [1.54, 1.807) is 6.08 Å². The van der Waals surface area contributed by atoms with E-state index in [2.05, 4.69) is 27.0 Å². The predicted octanol–water partition coefficient (Wildman–Crippen LogP) is 4.02. The molecule has 9 atom stereocenters. The van der Waals surface area contributed by atoms with Gasteiger partial charge in [-0.3, -0.25) is 4.79 Å². The van der Waals surface area contributed by atoms with Crippen molar-refractivity contribution in [2.24, 2.45) is 34.0 Å². The maximum absolute atomic E-state index is 14.4. The van der Waals surface area contributed by atoms with Gasteiger partial charge < -0.3 is 28.8 Å². The molecular formula is C29H38O7. The van der Waals surface area contributed by atoms with Gasteiger partial charge in [-0.25, -0.2) is 0 Å². The molecule has 3 saturated heterocycles. The van der Waals surface area contributed by atoms with Crippen LogP contribution < -0.4 is 0 Å². The number of carbonyl (C=O) groups excluding carboxylic acids is 1. The number of ketones is 1. The zero-order chi connectivity index (χ0) is 25.5. The van der Waals surface area contributed by atoms with Crippen molar-refractivity contribution in [2.75, 3.05) is 13.2 Å². The number of Topliss-reactive ketones (excluding diaryl/α,β-unsaturated/α-hetero) is 1. The summed E-state index contributed by atoms with van der Waals surface area (Å²) in [6.07, 6.45) is 3.95. The molecule has 3 spiro atoms. The molecule has 196 valence electrons. The zero-order valence-electron chi connectivity index (χ0n) is 21.8. The number of rotatable bonds is 3. The minimum absolute atomic E-state index is 0.0622. The standard InChI is InChI=1S/C29H38O7/c1-7-12-32-19-11-8-16-13-25(3,4)20-22(31)29-28-18(27(20,14-33-29)23(16)34-19)10-9-17(15(2)21(28)30)24(28)35-26(5,6)36-29/h7,17-20,22,24,31H,1-2,8-14H2,3-6H3/t17-,18-,19-,20+,22-,24+,27-,28-,29?/m0/s1. The Labute approximate surface area is 212 Å². The number of ether oxygens (including phenoxy) is 5. The first-order chi connectivity index (χ1) is 17.0.